The van der Waals surface area contributed by atoms with E-state index in [1.165, 1.54) is 70.6 Å². The number of halogens is 1. The molecule has 0 amide bonds. The van der Waals surface area contributed by atoms with Crippen LogP contribution < -0.4 is 0 Å². The highest BCUT2D eigenvalue weighted by atomic mass is 35.5. The molecule has 0 aromatic rings. The Labute approximate surface area is 145 Å². The van der Waals surface area contributed by atoms with Crippen molar-refractivity contribution in [2.24, 2.45) is 5.92 Å². The van der Waals surface area contributed by atoms with Crippen molar-refractivity contribution in [2.75, 3.05) is 0 Å². The quantitative estimate of drug-likeness (QED) is 0.250. The number of unbranched alkanes of at least 4 members (excludes halogenated alkanes) is 11. The predicted molar refractivity (Wildman–Crippen MR) is 101 cm³/mol. The van der Waals surface area contributed by atoms with Gasteiger partial charge >= 0.3 is 0 Å². The Balaban J connectivity index is 3.36. The van der Waals surface area contributed by atoms with Gasteiger partial charge in [0.1, 0.15) is 0 Å². The zero-order chi connectivity index (χ0) is 16.8. The molecule has 0 saturated carbocycles. The molecule has 1 nitrogen and oxygen atoms in total. The third kappa shape index (κ3) is 11.8. The molecule has 1 N–H and O–H groups in total. The molecule has 0 saturated heterocycles. The van der Waals surface area contributed by atoms with E-state index in [2.05, 4.69) is 13.8 Å². The summed E-state index contributed by atoms with van der Waals surface area (Å²) in [6, 6.07) is 0. The van der Waals surface area contributed by atoms with Crippen molar-refractivity contribution in [3.05, 3.63) is 0 Å². The van der Waals surface area contributed by atoms with Crippen molar-refractivity contribution in [3.8, 4) is 0 Å². The lowest BCUT2D eigenvalue weighted by atomic mass is 9.84. The summed E-state index contributed by atoms with van der Waals surface area (Å²) in [6.45, 7) is 8.24. The van der Waals surface area contributed by atoms with E-state index >= 15 is 0 Å². The molecule has 0 aromatic carbocycles. The molecule has 0 fully saturated rings. The fourth-order valence-electron chi connectivity index (χ4n) is 3.05. The van der Waals surface area contributed by atoms with Crippen LogP contribution in [0.5, 0.6) is 0 Å². The van der Waals surface area contributed by atoms with Crippen LogP contribution in [0, 0.1) is 5.92 Å². The first-order valence-corrected chi connectivity index (χ1v) is 10.2. The first kappa shape index (κ1) is 22.2. The Morgan fingerprint density at radius 3 is 1.50 bits per heavy atom. The Bertz CT molecular complexity index is 238. The molecular formula is C20H41ClO. The molecule has 0 spiro atoms. The molecule has 134 valence electrons. The van der Waals surface area contributed by atoms with E-state index in [0.29, 0.717) is 0 Å². The maximum atomic E-state index is 10.4. The highest BCUT2D eigenvalue weighted by Gasteiger charge is 2.30. The summed E-state index contributed by atoms with van der Waals surface area (Å²) in [7, 11) is 0. The first-order chi connectivity index (χ1) is 10.4. The van der Waals surface area contributed by atoms with Crippen molar-refractivity contribution in [1.82, 2.24) is 0 Å². The SMILES string of the molecule is CCCCCCCCCCCCCCC(C)(O)C(C)C(C)Cl. The van der Waals surface area contributed by atoms with E-state index in [0.717, 1.165) is 12.8 Å². The van der Waals surface area contributed by atoms with Gasteiger partial charge < -0.3 is 5.11 Å². The van der Waals surface area contributed by atoms with Crippen LogP contribution in [0.3, 0.4) is 0 Å². The molecule has 3 atom stereocenters. The molecule has 0 heterocycles. The highest BCUT2D eigenvalue weighted by Crippen LogP contribution is 2.28. The van der Waals surface area contributed by atoms with Crippen LogP contribution in [0.15, 0.2) is 0 Å². The molecule has 3 unspecified atom stereocenters. The number of alkyl halides is 1. The smallest absolute Gasteiger partial charge is 0.0659 e. The molecule has 2 heteroatoms. The van der Waals surface area contributed by atoms with E-state index in [-0.39, 0.29) is 11.3 Å². The van der Waals surface area contributed by atoms with Crippen molar-refractivity contribution < 1.29 is 5.11 Å². The summed E-state index contributed by atoms with van der Waals surface area (Å²) < 4.78 is 0. The third-order valence-electron chi connectivity index (χ3n) is 5.21. The highest BCUT2D eigenvalue weighted by molar-refractivity contribution is 6.20. The zero-order valence-corrected chi connectivity index (χ0v) is 16.4. The normalized spacial score (nSPS) is 17.2. The molecular weight excluding hydrogens is 292 g/mol. The lowest BCUT2D eigenvalue weighted by Gasteiger charge is -2.32. The molecule has 0 aromatic heterocycles. The van der Waals surface area contributed by atoms with Crippen LogP contribution in [0.25, 0.3) is 0 Å². The lowest BCUT2D eigenvalue weighted by Crippen LogP contribution is -2.37. The largest absolute Gasteiger partial charge is 0.390 e. The summed E-state index contributed by atoms with van der Waals surface area (Å²) in [6.07, 6.45) is 17.2. The minimum absolute atomic E-state index is 0.0346. The van der Waals surface area contributed by atoms with E-state index in [1.807, 2.05) is 13.8 Å². The average molecular weight is 333 g/mol. The van der Waals surface area contributed by atoms with Gasteiger partial charge in [0.15, 0.2) is 0 Å². The van der Waals surface area contributed by atoms with E-state index in [1.54, 1.807) is 0 Å². The monoisotopic (exact) mass is 332 g/mol. The molecule has 0 rings (SSSR count). The van der Waals surface area contributed by atoms with Gasteiger partial charge in [0, 0.05) is 11.3 Å². The Morgan fingerprint density at radius 2 is 1.14 bits per heavy atom. The van der Waals surface area contributed by atoms with Gasteiger partial charge in [-0.25, -0.2) is 0 Å². The summed E-state index contributed by atoms with van der Waals surface area (Å²) >= 11 is 6.10. The van der Waals surface area contributed by atoms with Crippen molar-refractivity contribution in [2.45, 2.75) is 122 Å². The van der Waals surface area contributed by atoms with Gasteiger partial charge in [0.05, 0.1) is 5.60 Å². The number of aliphatic hydroxyl groups is 1. The standard InChI is InChI=1S/C20H41ClO/c1-5-6-7-8-9-10-11-12-13-14-15-16-17-20(4,22)18(2)19(3)21/h18-19,22H,5-17H2,1-4H3. The van der Waals surface area contributed by atoms with Crippen molar-refractivity contribution in [3.63, 3.8) is 0 Å². The van der Waals surface area contributed by atoms with Gasteiger partial charge in [-0.05, 0) is 20.3 Å². The van der Waals surface area contributed by atoms with Crippen LogP contribution >= 0.6 is 11.6 Å². The Hall–Kier alpha value is 0.250. The number of hydrogen-bond acceptors (Lipinski definition) is 1. The second-order valence-corrected chi connectivity index (χ2v) is 8.15. The second-order valence-electron chi connectivity index (χ2n) is 7.46. The van der Waals surface area contributed by atoms with Gasteiger partial charge in [0.25, 0.3) is 0 Å². The second kappa shape index (κ2) is 13.7. The van der Waals surface area contributed by atoms with Gasteiger partial charge in [-0.1, -0.05) is 90.9 Å². The van der Waals surface area contributed by atoms with Crippen LogP contribution in [-0.2, 0) is 0 Å². The molecule has 0 aliphatic heterocycles. The maximum absolute atomic E-state index is 10.4. The van der Waals surface area contributed by atoms with Crippen LogP contribution in [0.4, 0.5) is 0 Å². The minimum atomic E-state index is -0.611. The molecule has 0 bridgehead atoms. The van der Waals surface area contributed by atoms with E-state index in [4.69, 9.17) is 11.6 Å². The fraction of sp³-hybridized carbons (Fsp3) is 1.00. The molecule has 22 heavy (non-hydrogen) atoms. The summed E-state index contributed by atoms with van der Waals surface area (Å²) in [5, 5.41) is 10.5. The number of rotatable bonds is 15. The lowest BCUT2D eigenvalue weighted by molar-refractivity contribution is -0.00385. The molecule has 0 aliphatic rings. The molecule has 0 radical (unpaired) electrons. The maximum Gasteiger partial charge on any atom is 0.0659 e. The average Bonchev–Trinajstić information content (AvgIpc) is 2.47. The first-order valence-electron chi connectivity index (χ1n) is 9.78. The zero-order valence-electron chi connectivity index (χ0n) is 15.7. The third-order valence-corrected chi connectivity index (χ3v) is 5.58. The fourth-order valence-corrected chi connectivity index (χ4v) is 3.32. The predicted octanol–water partition coefficient (Wildman–Crippen LogP) is 7.09. The van der Waals surface area contributed by atoms with Crippen molar-refractivity contribution in [1.29, 1.82) is 0 Å². The van der Waals surface area contributed by atoms with E-state index in [9.17, 15) is 5.11 Å². The Kier molecular flexibility index (Phi) is 13.8. The number of hydrogen-bond donors (Lipinski definition) is 1. The minimum Gasteiger partial charge on any atom is -0.390 e. The molecule has 0 aliphatic carbocycles. The summed E-state index contributed by atoms with van der Waals surface area (Å²) in [5.41, 5.74) is -0.611. The van der Waals surface area contributed by atoms with Gasteiger partial charge in [-0.3, -0.25) is 0 Å². The van der Waals surface area contributed by atoms with Gasteiger partial charge in [-0.15, -0.1) is 11.6 Å². The van der Waals surface area contributed by atoms with Gasteiger partial charge in [-0.2, -0.15) is 0 Å². The van der Waals surface area contributed by atoms with E-state index < -0.39 is 5.60 Å². The summed E-state index contributed by atoms with van der Waals surface area (Å²) in [4.78, 5) is 0. The topological polar surface area (TPSA) is 20.2 Å². The van der Waals surface area contributed by atoms with Crippen LogP contribution in [0.1, 0.15) is 111 Å². The van der Waals surface area contributed by atoms with Gasteiger partial charge in [0.2, 0.25) is 0 Å². The summed E-state index contributed by atoms with van der Waals surface area (Å²) in [5.74, 6) is 0.155. The van der Waals surface area contributed by atoms with Crippen LogP contribution in [-0.4, -0.2) is 16.1 Å². The van der Waals surface area contributed by atoms with Crippen molar-refractivity contribution >= 4 is 11.6 Å². The van der Waals surface area contributed by atoms with Crippen LogP contribution in [0.2, 0.25) is 0 Å². The Morgan fingerprint density at radius 1 is 0.773 bits per heavy atom.